The Morgan fingerprint density at radius 3 is 2.41 bits per heavy atom. The number of benzene rings is 3. The minimum atomic E-state index is -0.128. The van der Waals surface area contributed by atoms with E-state index in [9.17, 15) is 9.59 Å². The van der Waals surface area contributed by atoms with Crippen LogP contribution in [0.5, 0.6) is 0 Å². The molecule has 2 amide bonds. The van der Waals surface area contributed by atoms with Crippen LogP contribution in [-0.2, 0) is 11.3 Å². The summed E-state index contributed by atoms with van der Waals surface area (Å²) in [5.74, 6) is -0.199. The van der Waals surface area contributed by atoms with E-state index in [1.54, 1.807) is 43.3 Å². The second-order valence-corrected chi connectivity index (χ2v) is 6.37. The number of rotatable bonds is 5. The van der Waals surface area contributed by atoms with Crippen LogP contribution in [0, 0.1) is 0 Å². The van der Waals surface area contributed by atoms with Crippen molar-refractivity contribution in [3.8, 4) is 0 Å². The van der Waals surface area contributed by atoms with Gasteiger partial charge in [0.2, 0.25) is 5.91 Å². The van der Waals surface area contributed by atoms with Crippen LogP contribution in [0.3, 0.4) is 0 Å². The Bertz CT molecular complexity index is 985. The van der Waals surface area contributed by atoms with Gasteiger partial charge in [-0.1, -0.05) is 54.6 Å². The van der Waals surface area contributed by atoms with E-state index in [1.807, 2.05) is 36.4 Å². The Morgan fingerprint density at radius 1 is 0.963 bits per heavy atom. The van der Waals surface area contributed by atoms with E-state index in [1.165, 1.54) is 5.39 Å². The van der Waals surface area contributed by atoms with Gasteiger partial charge in [0.15, 0.2) is 0 Å². The summed E-state index contributed by atoms with van der Waals surface area (Å²) in [4.78, 5) is 25.7. The van der Waals surface area contributed by atoms with Gasteiger partial charge in [-0.3, -0.25) is 9.59 Å². The van der Waals surface area contributed by atoms with Gasteiger partial charge < -0.3 is 10.2 Å². The summed E-state index contributed by atoms with van der Waals surface area (Å²) >= 11 is 0. The van der Waals surface area contributed by atoms with E-state index < -0.39 is 0 Å². The number of hydrogen-bond acceptors (Lipinski definition) is 2. The van der Waals surface area contributed by atoms with Crippen molar-refractivity contribution in [3.63, 3.8) is 0 Å². The molecular formula is C23H22N2O2. The lowest BCUT2D eigenvalue weighted by atomic mass is 10.0. The summed E-state index contributed by atoms with van der Waals surface area (Å²) < 4.78 is 0. The quantitative estimate of drug-likeness (QED) is 0.704. The summed E-state index contributed by atoms with van der Waals surface area (Å²) in [5.41, 5.74) is 2.58. The lowest BCUT2D eigenvalue weighted by Gasteiger charge is -2.16. The van der Waals surface area contributed by atoms with Crippen molar-refractivity contribution in [1.29, 1.82) is 0 Å². The highest BCUT2D eigenvalue weighted by Gasteiger charge is 2.08. The number of amides is 2. The van der Waals surface area contributed by atoms with Gasteiger partial charge in [-0.05, 0) is 40.1 Å². The Balaban J connectivity index is 1.68. The number of carbonyl (C=O) groups excluding carboxylic acids is 2. The average Bonchev–Trinajstić information content (AvgIpc) is 2.72. The standard InChI is InChI=1S/C23H22N2O2/c1-24-23(27)19-13-10-17(11-14-19)12-15-22(26)25(2)16-20-8-5-7-18-6-3-4-9-21(18)20/h3-15H,16H2,1-2H3,(H,24,27)/b15-12+. The number of hydrogen-bond donors (Lipinski definition) is 1. The average molecular weight is 358 g/mol. The molecular weight excluding hydrogens is 336 g/mol. The maximum atomic E-state index is 12.5. The van der Waals surface area contributed by atoms with Gasteiger partial charge in [-0.25, -0.2) is 0 Å². The van der Waals surface area contributed by atoms with Crippen LogP contribution in [0.1, 0.15) is 21.5 Å². The van der Waals surface area contributed by atoms with Gasteiger partial charge >= 0.3 is 0 Å². The Morgan fingerprint density at radius 2 is 1.67 bits per heavy atom. The molecule has 0 heterocycles. The second kappa shape index (κ2) is 8.32. The fourth-order valence-corrected chi connectivity index (χ4v) is 2.95. The molecule has 0 unspecified atom stereocenters. The molecule has 0 aromatic heterocycles. The highest BCUT2D eigenvalue weighted by atomic mass is 16.2. The van der Waals surface area contributed by atoms with Crippen LogP contribution in [-0.4, -0.2) is 30.8 Å². The highest BCUT2D eigenvalue weighted by Crippen LogP contribution is 2.19. The smallest absolute Gasteiger partial charge is 0.251 e. The highest BCUT2D eigenvalue weighted by molar-refractivity contribution is 5.95. The van der Waals surface area contributed by atoms with Crippen molar-refractivity contribution < 1.29 is 9.59 Å². The maximum absolute atomic E-state index is 12.5. The summed E-state index contributed by atoms with van der Waals surface area (Å²) in [6.07, 6.45) is 3.32. The van der Waals surface area contributed by atoms with Gasteiger partial charge in [0.1, 0.15) is 0 Å². The Hall–Kier alpha value is -3.40. The molecule has 136 valence electrons. The SMILES string of the molecule is CNC(=O)c1ccc(/C=C/C(=O)N(C)Cc2cccc3ccccc23)cc1. The van der Waals surface area contributed by atoms with Crippen LogP contribution in [0.2, 0.25) is 0 Å². The monoisotopic (exact) mass is 358 g/mol. The van der Waals surface area contributed by atoms with Crippen molar-refractivity contribution in [2.24, 2.45) is 0 Å². The molecule has 0 aliphatic carbocycles. The normalized spacial score (nSPS) is 10.9. The third-order valence-electron chi connectivity index (χ3n) is 4.48. The number of likely N-dealkylation sites (N-methyl/N-ethyl adjacent to an activating group) is 1. The molecule has 4 heteroatoms. The van der Waals surface area contributed by atoms with Gasteiger partial charge in [0.25, 0.3) is 5.91 Å². The maximum Gasteiger partial charge on any atom is 0.251 e. The first kappa shape index (κ1) is 18.4. The topological polar surface area (TPSA) is 49.4 Å². The molecule has 27 heavy (non-hydrogen) atoms. The van der Waals surface area contributed by atoms with Crippen molar-refractivity contribution in [1.82, 2.24) is 10.2 Å². The minimum absolute atomic E-state index is 0.0710. The molecule has 0 spiro atoms. The lowest BCUT2D eigenvalue weighted by molar-refractivity contribution is -0.125. The van der Waals surface area contributed by atoms with E-state index in [2.05, 4.69) is 23.5 Å². The molecule has 0 aliphatic rings. The molecule has 3 aromatic carbocycles. The summed E-state index contributed by atoms with van der Waals surface area (Å²) in [7, 11) is 3.39. The molecule has 1 N–H and O–H groups in total. The van der Waals surface area contributed by atoms with Crippen LogP contribution in [0.25, 0.3) is 16.8 Å². The predicted octanol–water partition coefficient (Wildman–Crippen LogP) is 3.87. The minimum Gasteiger partial charge on any atom is -0.355 e. The van der Waals surface area contributed by atoms with Crippen molar-refractivity contribution >= 4 is 28.7 Å². The summed E-state index contributed by atoms with van der Waals surface area (Å²) in [6, 6.07) is 21.4. The fraction of sp³-hybridized carbons (Fsp3) is 0.130. The van der Waals surface area contributed by atoms with E-state index in [0.717, 1.165) is 16.5 Å². The number of fused-ring (bicyclic) bond motifs is 1. The van der Waals surface area contributed by atoms with Crippen LogP contribution < -0.4 is 5.32 Å². The summed E-state index contributed by atoms with van der Waals surface area (Å²) in [6.45, 7) is 0.542. The van der Waals surface area contributed by atoms with Gasteiger partial charge in [0.05, 0.1) is 0 Å². The van der Waals surface area contributed by atoms with E-state index in [4.69, 9.17) is 0 Å². The first-order valence-electron chi connectivity index (χ1n) is 8.80. The predicted molar refractivity (Wildman–Crippen MR) is 109 cm³/mol. The van der Waals surface area contributed by atoms with Crippen LogP contribution in [0.4, 0.5) is 0 Å². The second-order valence-electron chi connectivity index (χ2n) is 6.37. The molecule has 0 bridgehead atoms. The number of nitrogens with one attached hydrogen (secondary N) is 1. The molecule has 0 radical (unpaired) electrons. The molecule has 0 aliphatic heterocycles. The third kappa shape index (κ3) is 4.42. The number of carbonyl (C=O) groups is 2. The van der Waals surface area contributed by atoms with Crippen LogP contribution in [0.15, 0.2) is 72.8 Å². The van der Waals surface area contributed by atoms with E-state index in [0.29, 0.717) is 12.1 Å². The molecule has 0 atom stereocenters. The molecule has 0 saturated carbocycles. The zero-order valence-electron chi connectivity index (χ0n) is 15.5. The third-order valence-corrected chi connectivity index (χ3v) is 4.48. The van der Waals surface area contributed by atoms with Crippen molar-refractivity contribution in [2.75, 3.05) is 14.1 Å². The van der Waals surface area contributed by atoms with Crippen molar-refractivity contribution in [2.45, 2.75) is 6.54 Å². The van der Waals surface area contributed by atoms with E-state index >= 15 is 0 Å². The first-order valence-corrected chi connectivity index (χ1v) is 8.80. The lowest BCUT2D eigenvalue weighted by Crippen LogP contribution is -2.24. The van der Waals surface area contributed by atoms with Crippen LogP contribution >= 0.6 is 0 Å². The van der Waals surface area contributed by atoms with E-state index in [-0.39, 0.29) is 11.8 Å². The molecule has 0 saturated heterocycles. The summed E-state index contributed by atoms with van der Waals surface area (Å²) in [5, 5.41) is 4.91. The number of nitrogens with zero attached hydrogens (tertiary/aromatic N) is 1. The zero-order valence-corrected chi connectivity index (χ0v) is 15.5. The van der Waals surface area contributed by atoms with Crippen molar-refractivity contribution in [3.05, 3.63) is 89.5 Å². The van der Waals surface area contributed by atoms with Gasteiger partial charge in [0, 0.05) is 32.3 Å². The molecule has 4 nitrogen and oxygen atoms in total. The molecule has 3 rings (SSSR count). The molecule has 3 aromatic rings. The Labute approximate surface area is 159 Å². The fourth-order valence-electron chi connectivity index (χ4n) is 2.95. The van der Waals surface area contributed by atoms with Gasteiger partial charge in [-0.15, -0.1) is 0 Å². The largest absolute Gasteiger partial charge is 0.355 e. The molecule has 0 fully saturated rings. The Kier molecular flexibility index (Phi) is 5.67. The zero-order chi connectivity index (χ0) is 19.2. The first-order chi connectivity index (χ1) is 13.1. The van der Waals surface area contributed by atoms with Gasteiger partial charge in [-0.2, -0.15) is 0 Å².